The van der Waals surface area contributed by atoms with Crippen molar-refractivity contribution >= 4 is 0 Å². The standard InChI is InChI=1S/C18H16F2N2O/c19-13-4-5-18(20)16(8-13)15-3-1-2-12(9-21)17(15)11-23-14-6-7-22-10-14/h1-5,8,14,22H,6-7,10-11H2. The molecule has 0 spiro atoms. The Bertz CT molecular complexity index is 749. The summed E-state index contributed by atoms with van der Waals surface area (Å²) in [6.07, 6.45) is 0.977. The van der Waals surface area contributed by atoms with Gasteiger partial charge in [-0.2, -0.15) is 5.26 Å². The summed E-state index contributed by atoms with van der Waals surface area (Å²) in [4.78, 5) is 0. The molecule has 2 aromatic rings. The fraction of sp³-hybridized carbons (Fsp3) is 0.278. The molecule has 5 heteroatoms. The number of nitriles is 1. The van der Waals surface area contributed by atoms with Crippen LogP contribution in [0.15, 0.2) is 36.4 Å². The van der Waals surface area contributed by atoms with E-state index in [2.05, 4.69) is 11.4 Å². The van der Waals surface area contributed by atoms with Crippen molar-refractivity contribution in [3.8, 4) is 17.2 Å². The molecule has 0 bridgehead atoms. The normalized spacial score (nSPS) is 17.2. The number of ether oxygens (including phenoxy) is 1. The van der Waals surface area contributed by atoms with Crippen LogP contribution in [0.25, 0.3) is 11.1 Å². The van der Waals surface area contributed by atoms with E-state index in [0.29, 0.717) is 16.7 Å². The highest BCUT2D eigenvalue weighted by Gasteiger charge is 2.18. The van der Waals surface area contributed by atoms with Crippen LogP contribution in [0.4, 0.5) is 8.78 Å². The lowest BCUT2D eigenvalue weighted by Gasteiger charge is -2.15. The summed E-state index contributed by atoms with van der Waals surface area (Å²) in [7, 11) is 0. The highest BCUT2D eigenvalue weighted by atomic mass is 19.1. The van der Waals surface area contributed by atoms with E-state index in [9.17, 15) is 14.0 Å². The van der Waals surface area contributed by atoms with Crippen molar-refractivity contribution in [1.29, 1.82) is 5.26 Å². The molecular formula is C18H16F2N2O. The molecule has 2 aromatic carbocycles. The third-order valence-corrected chi connectivity index (χ3v) is 3.99. The average molecular weight is 314 g/mol. The molecule has 1 saturated heterocycles. The molecule has 0 aromatic heterocycles. The number of rotatable bonds is 4. The fourth-order valence-corrected chi connectivity index (χ4v) is 2.77. The summed E-state index contributed by atoms with van der Waals surface area (Å²) in [6.45, 7) is 1.86. The van der Waals surface area contributed by atoms with E-state index in [-0.39, 0.29) is 18.3 Å². The van der Waals surface area contributed by atoms with E-state index in [4.69, 9.17) is 4.74 Å². The van der Waals surface area contributed by atoms with Crippen molar-refractivity contribution in [1.82, 2.24) is 5.32 Å². The minimum Gasteiger partial charge on any atom is -0.372 e. The van der Waals surface area contributed by atoms with Crippen molar-refractivity contribution < 1.29 is 13.5 Å². The van der Waals surface area contributed by atoms with Crippen LogP contribution in [0.5, 0.6) is 0 Å². The van der Waals surface area contributed by atoms with Gasteiger partial charge in [0.05, 0.1) is 24.3 Å². The van der Waals surface area contributed by atoms with Crippen molar-refractivity contribution in [2.45, 2.75) is 19.1 Å². The topological polar surface area (TPSA) is 45.0 Å². The lowest BCUT2D eigenvalue weighted by molar-refractivity contribution is 0.0543. The predicted octanol–water partition coefficient (Wildman–Crippen LogP) is 3.38. The Morgan fingerprint density at radius 1 is 1.22 bits per heavy atom. The number of halogens is 2. The molecule has 1 atom stereocenters. The molecule has 3 nitrogen and oxygen atoms in total. The molecule has 1 unspecified atom stereocenters. The maximum absolute atomic E-state index is 14.1. The van der Waals surface area contributed by atoms with Gasteiger partial charge in [-0.3, -0.25) is 0 Å². The number of hydrogen-bond acceptors (Lipinski definition) is 3. The van der Waals surface area contributed by atoms with Crippen LogP contribution in [-0.2, 0) is 11.3 Å². The van der Waals surface area contributed by atoms with Crippen LogP contribution in [0.2, 0.25) is 0 Å². The van der Waals surface area contributed by atoms with Gasteiger partial charge in [-0.15, -0.1) is 0 Å². The first kappa shape index (κ1) is 15.6. The monoisotopic (exact) mass is 314 g/mol. The maximum atomic E-state index is 14.1. The van der Waals surface area contributed by atoms with Gasteiger partial charge in [-0.1, -0.05) is 12.1 Å². The third-order valence-electron chi connectivity index (χ3n) is 3.99. The number of hydrogen-bond donors (Lipinski definition) is 1. The lowest BCUT2D eigenvalue weighted by atomic mass is 9.95. The largest absolute Gasteiger partial charge is 0.372 e. The van der Waals surface area contributed by atoms with E-state index in [1.54, 1.807) is 18.2 Å². The molecule has 23 heavy (non-hydrogen) atoms. The van der Waals surface area contributed by atoms with Gasteiger partial charge >= 0.3 is 0 Å². The fourth-order valence-electron chi connectivity index (χ4n) is 2.77. The highest BCUT2D eigenvalue weighted by molar-refractivity contribution is 5.70. The zero-order chi connectivity index (χ0) is 16.2. The van der Waals surface area contributed by atoms with E-state index in [0.717, 1.165) is 37.7 Å². The SMILES string of the molecule is N#Cc1cccc(-c2cc(F)ccc2F)c1COC1CCNC1. The second kappa shape index (κ2) is 6.86. The van der Waals surface area contributed by atoms with Crippen molar-refractivity contribution in [2.75, 3.05) is 13.1 Å². The van der Waals surface area contributed by atoms with Crippen LogP contribution in [0.3, 0.4) is 0 Å². The predicted molar refractivity (Wildman–Crippen MR) is 82.6 cm³/mol. The van der Waals surface area contributed by atoms with E-state index in [1.165, 1.54) is 0 Å². The minimum atomic E-state index is -0.523. The Morgan fingerprint density at radius 2 is 2.09 bits per heavy atom. The van der Waals surface area contributed by atoms with Crippen LogP contribution in [0.1, 0.15) is 17.5 Å². The summed E-state index contributed by atoms with van der Waals surface area (Å²) in [5.74, 6) is -1.04. The molecule has 1 fully saturated rings. The number of nitrogens with zero attached hydrogens (tertiary/aromatic N) is 1. The van der Waals surface area contributed by atoms with Crippen LogP contribution in [0, 0.1) is 23.0 Å². The molecule has 1 aliphatic rings. The van der Waals surface area contributed by atoms with Gasteiger partial charge in [0.1, 0.15) is 11.6 Å². The van der Waals surface area contributed by atoms with Gasteiger partial charge in [0.2, 0.25) is 0 Å². The smallest absolute Gasteiger partial charge is 0.131 e. The van der Waals surface area contributed by atoms with Crippen LogP contribution in [-0.4, -0.2) is 19.2 Å². The van der Waals surface area contributed by atoms with E-state index >= 15 is 0 Å². The molecular weight excluding hydrogens is 298 g/mol. The lowest BCUT2D eigenvalue weighted by Crippen LogP contribution is -2.17. The quantitative estimate of drug-likeness (QED) is 0.941. The van der Waals surface area contributed by atoms with Gasteiger partial charge in [-0.25, -0.2) is 8.78 Å². The second-order valence-electron chi connectivity index (χ2n) is 5.49. The molecule has 118 valence electrons. The Kier molecular flexibility index (Phi) is 4.65. The maximum Gasteiger partial charge on any atom is 0.131 e. The van der Waals surface area contributed by atoms with Gasteiger partial charge in [-0.05, 0) is 42.8 Å². The van der Waals surface area contributed by atoms with Gasteiger partial charge in [0.15, 0.2) is 0 Å². The summed E-state index contributed by atoms with van der Waals surface area (Å²) in [6, 6.07) is 10.4. The summed E-state index contributed by atoms with van der Waals surface area (Å²) >= 11 is 0. The summed E-state index contributed by atoms with van der Waals surface area (Å²) < 4.78 is 33.5. The molecule has 0 saturated carbocycles. The molecule has 0 amide bonds. The zero-order valence-electron chi connectivity index (χ0n) is 12.5. The average Bonchev–Trinajstić information content (AvgIpc) is 3.08. The first-order chi connectivity index (χ1) is 11.2. The molecule has 3 rings (SSSR count). The Labute approximate surface area is 133 Å². The van der Waals surface area contributed by atoms with Gasteiger partial charge in [0.25, 0.3) is 0 Å². The third kappa shape index (κ3) is 3.39. The highest BCUT2D eigenvalue weighted by Crippen LogP contribution is 2.30. The Hall–Kier alpha value is -2.29. The van der Waals surface area contributed by atoms with Crippen molar-refractivity contribution in [2.24, 2.45) is 0 Å². The van der Waals surface area contributed by atoms with Gasteiger partial charge < -0.3 is 10.1 Å². The molecule has 0 aliphatic carbocycles. The number of benzene rings is 2. The summed E-state index contributed by atoms with van der Waals surface area (Å²) in [5.41, 5.74) is 1.64. The van der Waals surface area contributed by atoms with Crippen LogP contribution < -0.4 is 5.32 Å². The Balaban J connectivity index is 1.99. The first-order valence-corrected chi connectivity index (χ1v) is 7.49. The molecule has 1 heterocycles. The molecule has 1 aliphatic heterocycles. The summed E-state index contributed by atoms with van der Waals surface area (Å²) in [5, 5.41) is 12.5. The minimum absolute atomic E-state index is 0.0759. The van der Waals surface area contributed by atoms with Crippen molar-refractivity contribution in [3.63, 3.8) is 0 Å². The first-order valence-electron chi connectivity index (χ1n) is 7.49. The zero-order valence-corrected chi connectivity index (χ0v) is 12.5. The van der Waals surface area contributed by atoms with Gasteiger partial charge in [0, 0.05) is 17.7 Å². The molecule has 0 radical (unpaired) electrons. The Morgan fingerprint density at radius 3 is 2.83 bits per heavy atom. The van der Waals surface area contributed by atoms with Crippen molar-refractivity contribution in [3.05, 3.63) is 59.2 Å². The van der Waals surface area contributed by atoms with E-state index < -0.39 is 11.6 Å². The van der Waals surface area contributed by atoms with Crippen LogP contribution >= 0.6 is 0 Å². The van der Waals surface area contributed by atoms with E-state index in [1.807, 2.05) is 0 Å². The number of nitrogens with one attached hydrogen (secondary N) is 1. The second-order valence-corrected chi connectivity index (χ2v) is 5.49. The molecule has 1 N–H and O–H groups in total.